The number of fused-ring (bicyclic) bond motifs is 10. The van der Waals surface area contributed by atoms with Gasteiger partial charge in [-0.15, -0.1) is 0 Å². The monoisotopic (exact) mass is 630 g/mol. The second kappa shape index (κ2) is 10.5. The molecule has 0 saturated carbocycles. The molecule has 0 heterocycles. The fourth-order valence-electron chi connectivity index (χ4n) is 8.71. The van der Waals surface area contributed by atoms with E-state index in [2.05, 4.69) is 182 Å². The normalized spacial score (nSPS) is 12.0. The van der Waals surface area contributed by atoms with Crippen molar-refractivity contribution in [3.8, 4) is 22.3 Å². The van der Waals surface area contributed by atoms with Gasteiger partial charge in [-0.2, -0.15) is 0 Å². The van der Waals surface area contributed by atoms with Crippen molar-refractivity contribution in [1.82, 2.24) is 0 Å². The molecule has 230 valence electrons. The predicted molar refractivity (Wildman–Crippen MR) is 217 cm³/mol. The largest absolute Gasteiger partial charge is 0.0616 e. The topological polar surface area (TPSA) is 0 Å². The molecule has 0 spiro atoms. The summed E-state index contributed by atoms with van der Waals surface area (Å²) in [5, 5.41) is 20.4. The maximum Gasteiger partial charge on any atom is -0.00199 e. The highest BCUT2D eigenvalue weighted by Gasteiger charge is 2.20. The Hall–Kier alpha value is -6.50. The van der Waals surface area contributed by atoms with Crippen LogP contribution in [0, 0.1) is 0 Å². The summed E-state index contributed by atoms with van der Waals surface area (Å²) in [6.45, 7) is 0. The fraction of sp³-hybridized carbons (Fsp3) is 0. The smallest absolute Gasteiger partial charge is 0.00199 e. The first-order valence-corrected chi connectivity index (χ1v) is 17.4. The molecular formula is C50H30. The van der Waals surface area contributed by atoms with E-state index < -0.39 is 0 Å². The summed E-state index contributed by atoms with van der Waals surface area (Å²) < 4.78 is 0. The van der Waals surface area contributed by atoms with Crippen LogP contribution in [0.2, 0.25) is 0 Å². The van der Waals surface area contributed by atoms with Crippen molar-refractivity contribution in [2.24, 2.45) is 0 Å². The van der Waals surface area contributed by atoms with E-state index in [1.807, 2.05) is 0 Å². The molecule has 0 nitrogen and oxygen atoms in total. The minimum Gasteiger partial charge on any atom is -0.0616 e. The van der Waals surface area contributed by atoms with Gasteiger partial charge in [0.15, 0.2) is 0 Å². The van der Waals surface area contributed by atoms with Gasteiger partial charge in [0.05, 0.1) is 0 Å². The molecule has 0 fully saturated rings. The first-order chi connectivity index (χ1) is 24.8. The molecule has 0 bridgehead atoms. The number of hydrogen-bond donors (Lipinski definition) is 0. The average molecular weight is 631 g/mol. The Kier molecular flexibility index (Phi) is 5.76. The van der Waals surface area contributed by atoms with E-state index in [1.165, 1.54) is 108 Å². The summed E-state index contributed by atoms with van der Waals surface area (Å²) in [5.74, 6) is 0. The minimum atomic E-state index is 1.27. The second-order valence-corrected chi connectivity index (χ2v) is 13.6. The van der Waals surface area contributed by atoms with Gasteiger partial charge in [-0.25, -0.2) is 0 Å². The van der Waals surface area contributed by atoms with Crippen molar-refractivity contribution >= 4 is 86.2 Å². The molecule has 0 N–H and O–H groups in total. The maximum absolute atomic E-state index is 2.44. The van der Waals surface area contributed by atoms with Gasteiger partial charge < -0.3 is 0 Å². The summed E-state index contributed by atoms with van der Waals surface area (Å²) in [6, 6.07) is 67.8. The zero-order chi connectivity index (χ0) is 32.8. The zero-order valence-electron chi connectivity index (χ0n) is 27.3. The Morgan fingerprint density at radius 3 is 1.16 bits per heavy atom. The molecule has 0 aromatic heterocycles. The lowest BCUT2D eigenvalue weighted by Crippen LogP contribution is -1.93. The van der Waals surface area contributed by atoms with Crippen molar-refractivity contribution in [3.63, 3.8) is 0 Å². The lowest BCUT2D eigenvalue weighted by atomic mass is 9.82. The van der Waals surface area contributed by atoms with E-state index in [4.69, 9.17) is 0 Å². The highest BCUT2D eigenvalue weighted by atomic mass is 14.2. The molecule has 0 saturated heterocycles. The van der Waals surface area contributed by atoms with E-state index in [0.717, 1.165) is 0 Å². The molecule has 11 aromatic carbocycles. The van der Waals surface area contributed by atoms with Gasteiger partial charge in [0.1, 0.15) is 0 Å². The SMILES string of the molecule is c1ccc2cc3c(ccc4c(-c5c6ccccc6c(-c6cc7cc8ccccc8cc7c7ccccc67)c6ccccc56)cccc43)cc2c1. The molecule has 11 rings (SSSR count). The van der Waals surface area contributed by atoms with Crippen LogP contribution in [0.1, 0.15) is 0 Å². The summed E-state index contributed by atoms with van der Waals surface area (Å²) >= 11 is 0. The third kappa shape index (κ3) is 3.94. The van der Waals surface area contributed by atoms with E-state index in [-0.39, 0.29) is 0 Å². The van der Waals surface area contributed by atoms with Crippen molar-refractivity contribution in [3.05, 3.63) is 182 Å². The van der Waals surface area contributed by atoms with Crippen LogP contribution in [0.4, 0.5) is 0 Å². The molecule has 0 heteroatoms. The minimum absolute atomic E-state index is 1.27. The molecule has 0 amide bonds. The standard InChI is InChI=1S/C50H30/c1-3-14-33-28-46-35(26-31(33)12-1)24-25-40-38(46)22-11-23-41(40)49-42-18-7-9-20-44(42)50(45-21-10-8-19-43(45)49)48-30-36-27-32-13-2-4-15-34(32)29-47(36)37-16-5-6-17-39(37)48/h1-30H. The Bertz CT molecular complexity index is 3140. The Morgan fingerprint density at radius 2 is 0.580 bits per heavy atom. The van der Waals surface area contributed by atoms with Crippen LogP contribution >= 0.6 is 0 Å². The fourth-order valence-corrected chi connectivity index (χ4v) is 8.71. The lowest BCUT2D eigenvalue weighted by molar-refractivity contribution is 1.70. The van der Waals surface area contributed by atoms with Gasteiger partial charge in [-0.05, 0) is 139 Å². The summed E-state index contributed by atoms with van der Waals surface area (Å²) in [5.41, 5.74) is 5.13. The number of hydrogen-bond acceptors (Lipinski definition) is 0. The quantitative estimate of drug-likeness (QED) is 0.132. The van der Waals surface area contributed by atoms with Crippen LogP contribution in [0.25, 0.3) is 108 Å². The van der Waals surface area contributed by atoms with Gasteiger partial charge in [-0.3, -0.25) is 0 Å². The van der Waals surface area contributed by atoms with Gasteiger partial charge in [0.25, 0.3) is 0 Å². The number of benzene rings is 11. The Labute approximate surface area is 289 Å². The third-order valence-corrected chi connectivity index (χ3v) is 10.9. The Balaban J connectivity index is 1.26. The van der Waals surface area contributed by atoms with E-state index >= 15 is 0 Å². The van der Waals surface area contributed by atoms with Crippen LogP contribution < -0.4 is 0 Å². The van der Waals surface area contributed by atoms with Gasteiger partial charge in [0.2, 0.25) is 0 Å². The van der Waals surface area contributed by atoms with Crippen molar-refractivity contribution in [1.29, 1.82) is 0 Å². The van der Waals surface area contributed by atoms with Crippen molar-refractivity contribution in [2.75, 3.05) is 0 Å². The van der Waals surface area contributed by atoms with Crippen LogP contribution in [0.15, 0.2) is 182 Å². The van der Waals surface area contributed by atoms with E-state index in [1.54, 1.807) is 0 Å². The summed E-state index contributed by atoms with van der Waals surface area (Å²) in [6.07, 6.45) is 0. The number of rotatable bonds is 2. The molecule has 0 aliphatic carbocycles. The lowest BCUT2D eigenvalue weighted by Gasteiger charge is -2.20. The molecule has 0 radical (unpaired) electrons. The molecule has 0 unspecified atom stereocenters. The van der Waals surface area contributed by atoms with Crippen molar-refractivity contribution < 1.29 is 0 Å². The molecule has 0 atom stereocenters. The van der Waals surface area contributed by atoms with Crippen LogP contribution in [-0.4, -0.2) is 0 Å². The van der Waals surface area contributed by atoms with E-state index in [9.17, 15) is 0 Å². The van der Waals surface area contributed by atoms with E-state index in [0.29, 0.717) is 0 Å². The maximum atomic E-state index is 2.44. The van der Waals surface area contributed by atoms with Crippen LogP contribution in [0.3, 0.4) is 0 Å². The molecule has 50 heavy (non-hydrogen) atoms. The average Bonchev–Trinajstić information content (AvgIpc) is 3.18. The first-order valence-electron chi connectivity index (χ1n) is 17.4. The summed E-state index contributed by atoms with van der Waals surface area (Å²) in [7, 11) is 0. The van der Waals surface area contributed by atoms with Crippen molar-refractivity contribution in [2.45, 2.75) is 0 Å². The van der Waals surface area contributed by atoms with Gasteiger partial charge in [0, 0.05) is 0 Å². The van der Waals surface area contributed by atoms with Gasteiger partial charge in [-0.1, -0.05) is 152 Å². The summed E-state index contributed by atoms with van der Waals surface area (Å²) in [4.78, 5) is 0. The molecule has 11 aromatic rings. The van der Waals surface area contributed by atoms with Gasteiger partial charge >= 0.3 is 0 Å². The second-order valence-electron chi connectivity index (χ2n) is 13.6. The third-order valence-electron chi connectivity index (χ3n) is 10.9. The Morgan fingerprint density at radius 1 is 0.180 bits per heavy atom. The van der Waals surface area contributed by atoms with Crippen LogP contribution in [-0.2, 0) is 0 Å². The molecule has 0 aliphatic heterocycles. The molecule has 0 aliphatic rings. The highest BCUT2D eigenvalue weighted by Crippen LogP contribution is 2.48. The highest BCUT2D eigenvalue weighted by molar-refractivity contribution is 6.28. The predicted octanol–water partition coefficient (Wildman–Crippen LogP) is 14.2. The zero-order valence-corrected chi connectivity index (χ0v) is 27.3. The van der Waals surface area contributed by atoms with Crippen LogP contribution in [0.5, 0.6) is 0 Å². The first kappa shape index (κ1) is 27.5. The molecular weight excluding hydrogens is 601 g/mol.